The van der Waals surface area contributed by atoms with Crippen molar-refractivity contribution in [3.05, 3.63) is 53.9 Å². The van der Waals surface area contributed by atoms with Crippen molar-refractivity contribution in [1.82, 2.24) is 4.98 Å². The lowest BCUT2D eigenvalue weighted by molar-refractivity contribution is -0.116. The number of nitrogens with one attached hydrogen (secondary N) is 1. The lowest BCUT2D eigenvalue weighted by atomic mass is 10.1. The molecular formula is C17H14N4O2. The van der Waals surface area contributed by atoms with E-state index in [9.17, 15) is 9.59 Å². The molecular weight excluding hydrogens is 292 g/mol. The van der Waals surface area contributed by atoms with Crippen LogP contribution >= 0.6 is 0 Å². The Kier molecular flexibility index (Phi) is 3.77. The summed E-state index contributed by atoms with van der Waals surface area (Å²) in [5, 5.41) is 11.6. The fourth-order valence-electron chi connectivity index (χ4n) is 2.61. The first-order valence-corrected chi connectivity index (χ1v) is 7.18. The number of anilines is 2. The van der Waals surface area contributed by atoms with Crippen molar-refractivity contribution >= 4 is 23.2 Å². The Hall–Kier alpha value is -3.20. The number of hydrogen-bond acceptors (Lipinski definition) is 4. The largest absolute Gasteiger partial charge is 0.324 e. The zero-order chi connectivity index (χ0) is 16.4. The molecule has 0 spiro atoms. The highest BCUT2D eigenvalue weighted by Crippen LogP contribution is 2.32. The Labute approximate surface area is 133 Å². The molecule has 1 aliphatic rings. The van der Waals surface area contributed by atoms with Gasteiger partial charge in [-0.2, -0.15) is 5.26 Å². The van der Waals surface area contributed by atoms with Gasteiger partial charge in [-0.25, -0.2) is 4.98 Å². The van der Waals surface area contributed by atoms with Gasteiger partial charge in [0.15, 0.2) is 0 Å². The monoisotopic (exact) mass is 306 g/mol. The zero-order valence-corrected chi connectivity index (χ0v) is 12.5. The molecule has 1 aromatic heterocycles. The summed E-state index contributed by atoms with van der Waals surface area (Å²) in [6.07, 6.45) is 1.57. The predicted octanol–water partition coefficient (Wildman–Crippen LogP) is 2.33. The van der Waals surface area contributed by atoms with Crippen LogP contribution in [0.1, 0.15) is 29.4 Å². The van der Waals surface area contributed by atoms with Crippen LogP contribution in [0.4, 0.5) is 11.4 Å². The smallest absolute Gasteiger partial charge is 0.277 e. The molecule has 0 saturated carbocycles. The van der Waals surface area contributed by atoms with E-state index in [4.69, 9.17) is 5.26 Å². The van der Waals surface area contributed by atoms with Gasteiger partial charge in [0, 0.05) is 18.7 Å². The molecule has 114 valence electrons. The summed E-state index contributed by atoms with van der Waals surface area (Å²) >= 11 is 0. The lowest BCUT2D eigenvalue weighted by Crippen LogP contribution is -2.39. The highest BCUT2D eigenvalue weighted by atomic mass is 16.2. The SMILES string of the molecule is C[C@H]1CC(=O)Nc2ccccc2N1C(=O)c1ccc(C#N)cn1. The maximum atomic E-state index is 12.9. The molecule has 0 aliphatic carbocycles. The van der Waals surface area contributed by atoms with Crippen LogP contribution in [-0.2, 0) is 4.79 Å². The molecule has 0 radical (unpaired) electrons. The predicted molar refractivity (Wildman–Crippen MR) is 84.9 cm³/mol. The van der Waals surface area contributed by atoms with Crippen molar-refractivity contribution in [2.75, 3.05) is 10.2 Å². The number of hydrogen-bond donors (Lipinski definition) is 1. The van der Waals surface area contributed by atoms with Crippen LogP contribution < -0.4 is 10.2 Å². The van der Waals surface area contributed by atoms with Crippen LogP contribution in [0.25, 0.3) is 0 Å². The third-order valence-corrected chi connectivity index (χ3v) is 3.69. The molecule has 23 heavy (non-hydrogen) atoms. The molecule has 6 nitrogen and oxygen atoms in total. The number of benzene rings is 1. The van der Waals surface area contributed by atoms with Gasteiger partial charge in [-0.1, -0.05) is 12.1 Å². The number of amides is 2. The molecule has 3 rings (SSSR count). The van der Waals surface area contributed by atoms with E-state index in [2.05, 4.69) is 10.3 Å². The maximum Gasteiger partial charge on any atom is 0.277 e. The molecule has 2 aromatic rings. The molecule has 0 fully saturated rings. The van der Waals surface area contributed by atoms with Gasteiger partial charge in [0.25, 0.3) is 5.91 Å². The molecule has 0 bridgehead atoms. The molecule has 1 aliphatic heterocycles. The second-order valence-electron chi connectivity index (χ2n) is 5.34. The van der Waals surface area contributed by atoms with E-state index in [0.29, 0.717) is 16.9 Å². The summed E-state index contributed by atoms with van der Waals surface area (Å²) in [7, 11) is 0. The second kappa shape index (κ2) is 5.89. The number of rotatable bonds is 1. The zero-order valence-electron chi connectivity index (χ0n) is 12.5. The Morgan fingerprint density at radius 1 is 1.35 bits per heavy atom. The van der Waals surface area contributed by atoms with Crippen molar-refractivity contribution < 1.29 is 9.59 Å². The van der Waals surface area contributed by atoms with E-state index < -0.39 is 0 Å². The highest BCUT2D eigenvalue weighted by molar-refractivity contribution is 6.10. The van der Waals surface area contributed by atoms with E-state index in [1.807, 2.05) is 19.1 Å². The molecule has 1 atom stereocenters. The van der Waals surface area contributed by atoms with Gasteiger partial charge in [-0.05, 0) is 31.2 Å². The average molecular weight is 306 g/mol. The fraction of sp³-hybridized carbons (Fsp3) is 0.176. The molecule has 1 N–H and O–H groups in total. The number of aromatic nitrogens is 1. The van der Waals surface area contributed by atoms with Crippen LogP contribution in [-0.4, -0.2) is 22.8 Å². The quantitative estimate of drug-likeness (QED) is 0.876. The molecule has 2 heterocycles. The van der Waals surface area contributed by atoms with Gasteiger partial charge < -0.3 is 10.2 Å². The van der Waals surface area contributed by atoms with Gasteiger partial charge in [-0.3, -0.25) is 9.59 Å². The molecule has 0 unspecified atom stereocenters. The van der Waals surface area contributed by atoms with Gasteiger partial charge in [0.2, 0.25) is 5.91 Å². The van der Waals surface area contributed by atoms with Crippen LogP contribution in [0.15, 0.2) is 42.6 Å². The number of fused-ring (bicyclic) bond motifs is 1. The normalized spacial score (nSPS) is 16.8. The van der Waals surface area contributed by atoms with Crippen LogP contribution in [0, 0.1) is 11.3 Å². The van der Waals surface area contributed by atoms with Gasteiger partial charge in [0.05, 0.1) is 16.9 Å². The molecule has 2 amide bonds. The Morgan fingerprint density at radius 3 is 2.83 bits per heavy atom. The van der Waals surface area contributed by atoms with E-state index in [1.165, 1.54) is 12.3 Å². The Bertz CT molecular complexity index is 808. The number of carbonyl (C=O) groups is 2. The minimum absolute atomic E-state index is 0.131. The summed E-state index contributed by atoms with van der Waals surface area (Å²) in [5.74, 6) is -0.432. The van der Waals surface area contributed by atoms with E-state index >= 15 is 0 Å². The first-order chi connectivity index (χ1) is 11.1. The minimum atomic E-state index is -0.302. The van der Waals surface area contributed by atoms with Crippen LogP contribution in [0.3, 0.4) is 0 Å². The number of pyridine rings is 1. The number of carbonyl (C=O) groups excluding carboxylic acids is 2. The summed E-state index contributed by atoms with van der Waals surface area (Å²) < 4.78 is 0. The molecule has 6 heteroatoms. The van der Waals surface area contributed by atoms with Crippen molar-refractivity contribution in [1.29, 1.82) is 5.26 Å². The number of nitrogens with zero attached hydrogens (tertiary/aromatic N) is 3. The van der Waals surface area contributed by atoms with E-state index in [0.717, 1.165) is 0 Å². The van der Waals surface area contributed by atoms with Crippen LogP contribution in [0.5, 0.6) is 0 Å². The summed E-state index contributed by atoms with van der Waals surface area (Å²) in [4.78, 5) is 30.5. The third-order valence-electron chi connectivity index (χ3n) is 3.69. The van der Waals surface area contributed by atoms with Crippen molar-refractivity contribution in [2.45, 2.75) is 19.4 Å². The summed E-state index contributed by atoms with van der Waals surface area (Å²) in [6, 6.07) is 11.9. The standard InChI is InChI=1S/C17H14N4O2/c1-11-8-16(22)20-13-4-2-3-5-15(13)21(11)17(23)14-7-6-12(9-18)10-19-14/h2-7,10-11H,8H2,1H3,(H,20,22)/t11-/m0/s1. The Balaban J connectivity index is 2.04. The molecule has 1 aromatic carbocycles. The minimum Gasteiger partial charge on any atom is -0.324 e. The van der Waals surface area contributed by atoms with Gasteiger partial charge in [0.1, 0.15) is 11.8 Å². The maximum absolute atomic E-state index is 12.9. The van der Waals surface area contributed by atoms with E-state index in [-0.39, 0.29) is 30.0 Å². The summed E-state index contributed by atoms with van der Waals surface area (Å²) in [6.45, 7) is 1.82. The topological polar surface area (TPSA) is 86.1 Å². The molecule has 0 saturated heterocycles. The summed E-state index contributed by atoms with van der Waals surface area (Å²) in [5.41, 5.74) is 1.87. The van der Waals surface area contributed by atoms with Crippen molar-refractivity contribution in [2.24, 2.45) is 0 Å². The van der Waals surface area contributed by atoms with Gasteiger partial charge >= 0.3 is 0 Å². The van der Waals surface area contributed by atoms with Gasteiger partial charge in [-0.15, -0.1) is 0 Å². The Morgan fingerprint density at radius 2 is 2.13 bits per heavy atom. The van der Waals surface area contributed by atoms with E-state index in [1.54, 1.807) is 29.2 Å². The number of para-hydroxylation sites is 2. The van der Waals surface area contributed by atoms with Crippen molar-refractivity contribution in [3.63, 3.8) is 0 Å². The average Bonchev–Trinajstić information content (AvgIpc) is 2.68. The number of nitriles is 1. The lowest BCUT2D eigenvalue weighted by Gasteiger charge is -2.27. The van der Waals surface area contributed by atoms with Crippen molar-refractivity contribution in [3.8, 4) is 6.07 Å². The first-order valence-electron chi connectivity index (χ1n) is 7.18. The van der Waals surface area contributed by atoms with Crippen LogP contribution in [0.2, 0.25) is 0 Å². The first kappa shape index (κ1) is 14.7. The fourth-order valence-corrected chi connectivity index (χ4v) is 2.61. The second-order valence-corrected chi connectivity index (χ2v) is 5.34. The highest BCUT2D eigenvalue weighted by Gasteiger charge is 2.30. The third kappa shape index (κ3) is 2.77.